The van der Waals surface area contributed by atoms with Gasteiger partial charge in [0.05, 0.1) is 29.8 Å². The maximum absolute atomic E-state index is 13.6. The maximum atomic E-state index is 13.6. The van der Waals surface area contributed by atoms with Crippen LogP contribution in [0, 0.1) is 5.82 Å². The largest absolute Gasteiger partial charge is 0.459 e. The van der Waals surface area contributed by atoms with Crippen LogP contribution in [0.4, 0.5) is 15.9 Å². The number of rotatable bonds is 10. The van der Waals surface area contributed by atoms with Gasteiger partial charge in [-0.25, -0.2) is 14.4 Å². The van der Waals surface area contributed by atoms with E-state index in [-0.39, 0.29) is 11.9 Å². The predicted molar refractivity (Wildman–Crippen MR) is 161 cm³/mol. The van der Waals surface area contributed by atoms with Gasteiger partial charge in [-0.15, -0.1) is 0 Å². The summed E-state index contributed by atoms with van der Waals surface area (Å²) in [5.41, 5.74) is 4.51. The van der Waals surface area contributed by atoms with Gasteiger partial charge in [-0.05, 0) is 79.0 Å². The number of aromatic nitrogens is 4. The van der Waals surface area contributed by atoms with Crippen molar-refractivity contribution in [1.29, 1.82) is 0 Å². The monoisotopic (exact) mass is 552 g/mol. The second kappa shape index (κ2) is 11.5. The van der Waals surface area contributed by atoms with Crippen LogP contribution in [-0.4, -0.2) is 38.3 Å². The summed E-state index contributed by atoms with van der Waals surface area (Å²) < 4.78 is 21.8. The fourth-order valence-electron chi connectivity index (χ4n) is 4.90. The van der Waals surface area contributed by atoms with E-state index in [0.717, 1.165) is 62.4 Å². The molecule has 3 heterocycles. The fourth-order valence-corrected chi connectivity index (χ4v) is 5.51. The van der Waals surface area contributed by atoms with Crippen molar-refractivity contribution in [3.05, 3.63) is 102 Å². The van der Waals surface area contributed by atoms with E-state index < -0.39 is 0 Å². The highest BCUT2D eigenvalue weighted by atomic mass is 32.2. The molecular formula is C31H29FN6OS. The first-order valence-corrected chi connectivity index (χ1v) is 14.5. The van der Waals surface area contributed by atoms with Crippen LogP contribution in [0.15, 0.2) is 89.7 Å². The summed E-state index contributed by atoms with van der Waals surface area (Å²) in [6.07, 6.45) is 5.49. The molecule has 202 valence electrons. The molecule has 0 spiro atoms. The van der Waals surface area contributed by atoms with Crippen LogP contribution in [0.3, 0.4) is 0 Å². The summed E-state index contributed by atoms with van der Waals surface area (Å²) in [5.74, 6) is 3.14. The molecule has 3 aromatic heterocycles. The van der Waals surface area contributed by atoms with Gasteiger partial charge < -0.3 is 15.1 Å². The highest BCUT2D eigenvalue weighted by molar-refractivity contribution is 7.98. The van der Waals surface area contributed by atoms with Crippen LogP contribution in [0.2, 0.25) is 0 Å². The summed E-state index contributed by atoms with van der Waals surface area (Å²) in [7, 11) is 0. The molecule has 6 aromatic rings. The third kappa shape index (κ3) is 5.43. The summed E-state index contributed by atoms with van der Waals surface area (Å²) in [4.78, 5) is 9.01. The van der Waals surface area contributed by atoms with Gasteiger partial charge in [0.25, 0.3) is 0 Å². The van der Waals surface area contributed by atoms with Crippen molar-refractivity contribution < 1.29 is 8.81 Å². The Labute approximate surface area is 235 Å². The minimum atomic E-state index is -0.249. The molecule has 0 bridgehead atoms. The van der Waals surface area contributed by atoms with Gasteiger partial charge in [0.15, 0.2) is 0 Å². The minimum Gasteiger partial charge on any atom is -0.459 e. The second-order valence-corrected chi connectivity index (χ2v) is 10.5. The SMILES string of the molecule is CCN[C@H](CSC)c1ccc(-c2ccc3ncnc(Nc4ccc5c(cnn5Cc5cccc(F)c5)c4)c3c2)o1. The Hall–Kier alpha value is -4.21. The predicted octanol–water partition coefficient (Wildman–Crippen LogP) is 7.18. The van der Waals surface area contributed by atoms with Crippen LogP contribution < -0.4 is 10.6 Å². The summed E-state index contributed by atoms with van der Waals surface area (Å²) >= 11 is 1.79. The van der Waals surface area contributed by atoms with Crippen molar-refractivity contribution in [3.63, 3.8) is 0 Å². The third-order valence-corrected chi connectivity index (χ3v) is 7.47. The van der Waals surface area contributed by atoms with Gasteiger partial charge in [0, 0.05) is 27.8 Å². The second-order valence-electron chi connectivity index (χ2n) is 9.55. The number of fused-ring (bicyclic) bond motifs is 2. The molecule has 0 aliphatic heterocycles. The molecule has 0 unspecified atom stereocenters. The molecule has 6 rings (SSSR count). The smallest absolute Gasteiger partial charge is 0.141 e. The van der Waals surface area contributed by atoms with E-state index >= 15 is 0 Å². The number of thioether (sulfide) groups is 1. The average Bonchev–Trinajstić information content (AvgIpc) is 3.61. The Kier molecular flexibility index (Phi) is 7.48. The number of hydrogen-bond acceptors (Lipinski definition) is 7. The molecule has 0 saturated heterocycles. The zero-order valence-electron chi connectivity index (χ0n) is 22.3. The number of furan rings is 1. The maximum Gasteiger partial charge on any atom is 0.141 e. The molecule has 3 aromatic carbocycles. The van der Waals surface area contributed by atoms with Crippen molar-refractivity contribution in [2.75, 3.05) is 23.9 Å². The highest BCUT2D eigenvalue weighted by Crippen LogP contribution is 2.32. The van der Waals surface area contributed by atoms with Gasteiger partial charge in [0.2, 0.25) is 0 Å². The first-order valence-electron chi connectivity index (χ1n) is 13.2. The number of hydrogen-bond donors (Lipinski definition) is 2. The molecule has 1 atom stereocenters. The van der Waals surface area contributed by atoms with Crippen molar-refractivity contribution in [1.82, 2.24) is 25.1 Å². The molecular weight excluding hydrogens is 523 g/mol. The summed E-state index contributed by atoms with van der Waals surface area (Å²) in [5, 5.41) is 13.4. The lowest BCUT2D eigenvalue weighted by atomic mass is 10.1. The zero-order chi connectivity index (χ0) is 27.5. The topological polar surface area (TPSA) is 80.8 Å². The highest BCUT2D eigenvalue weighted by Gasteiger charge is 2.16. The molecule has 9 heteroatoms. The molecule has 0 radical (unpaired) electrons. The van der Waals surface area contributed by atoms with Crippen molar-refractivity contribution in [2.24, 2.45) is 0 Å². The summed E-state index contributed by atoms with van der Waals surface area (Å²) in [6.45, 7) is 3.48. The summed E-state index contributed by atoms with van der Waals surface area (Å²) in [6, 6.07) is 23.0. The molecule has 40 heavy (non-hydrogen) atoms. The van der Waals surface area contributed by atoms with Crippen molar-refractivity contribution >= 4 is 45.1 Å². The van der Waals surface area contributed by atoms with E-state index in [9.17, 15) is 4.39 Å². The Morgan fingerprint density at radius 3 is 2.80 bits per heavy atom. The van der Waals surface area contributed by atoms with E-state index in [1.165, 1.54) is 12.1 Å². The van der Waals surface area contributed by atoms with Gasteiger partial charge in [-0.1, -0.05) is 19.1 Å². The van der Waals surface area contributed by atoms with E-state index in [0.29, 0.717) is 12.4 Å². The van der Waals surface area contributed by atoms with Crippen molar-refractivity contribution in [2.45, 2.75) is 19.5 Å². The van der Waals surface area contributed by atoms with Crippen LogP contribution in [0.1, 0.15) is 24.3 Å². The van der Waals surface area contributed by atoms with Crippen LogP contribution in [0.25, 0.3) is 33.1 Å². The number of anilines is 2. The van der Waals surface area contributed by atoms with Gasteiger partial charge in [0.1, 0.15) is 29.5 Å². The Bertz CT molecular complexity index is 1770. The van der Waals surface area contributed by atoms with E-state index in [1.54, 1.807) is 24.2 Å². The quantitative estimate of drug-likeness (QED) is 0.186. The lowest BCUT2D eigenvalue weighted by Crippen LogP contribution is -2.22. The van der Waals surface area contributed by atoms with Crippen LogP contribution >= 0.6 is 11.8 Å². The number of nitrogens with one attached hydrogen (secondary N) is 2. The molecule has 0 aliphatic carbocycles. The molecule has 0 amide bonds. The Morgan fingerprint density at radius 2 is 1.95 bits per heavy atom. The molecule has 0 saturated carbocycles. The lowest BCUT2D eigenvalue weighted by molar-refractivity contribution is 0.449. The normalized spacial score (nSPS) is 12.3. The van der Waals surface area contributed by atoms with E-state index in [2.05, 4.69) is 44.9 Å². The Balaban J connectivity index is 1.27. The van der Waals surface area contributed by atoms with Crippen LogP contribution in [-0.2, 0) is 6.54 Å². The van der Waals surface area contributed by atoms with Gasteiger partial charge >= 0.3 is 0 Å². The van der Waals surface area contributed by atoms with E-state index in [4.69, 9.17) is 4.42 Å². The zero-order valence-corrected chi connectivity index (χ0v) is 23.1. The number of nitrogens with zero attached hydrogens (tertiary/aromatic N) is 4. The standard InChI is InChI=1S/C31H29FN6OS/c1-3-33-27(18-40-2)30-12-11-29(39-30)21-7-9-26-25(15-21)31(35-19-34-26)37-24-8-10-28-22(14-24)16-36-38(28)17-20-5-4-6-23(32)13-20/h4-16,19,27,33H,3,17-18H2,1-2H3,(H,34,35,37)/t27-/m1/s1. The van der Waals surface area contributed by atoms with E-state index in [1.807, 2.05) is 59.4 Å². The van der Waals surface area contributed by atoms with Crippen molar-refractivity contribution in [3.8, 4) is 11.3 Å². The average molecular weight is 553 g/mol. The lowest BCUT2D eigenvalue weighted by Gasteiger charge is -2.14. The van der Waals surface area contributed by atoms with Crippen LogP contribution in [0.5, 0.6) is 0 Å². The molecule has 2 N–H and O–H groups in total. The first kappa shape index (κ1) is 26.0. The molecule has 0 fully saturated rings. The number of halogens is 1. The molecule has 0 aliphatic rings. The number of benzene rings is 3. The molecule has 7 nitrogen and oxygen atoms in total. The first-order chi connectivity index (χ1) is 19.6. The minimum absolute atomic E-state index is 0.169. The fraction of sp³-hybridized carbons (Fsp3) is 0.194. The van der Waals surface area contributed by atoms with Gasteiger partial charge in [-0.2, -0.15) is 16.9 Å². The third-order valence-electron chi connectivity index (χ3n) is 6.80. The Morgan fingerprint density at radius 1 is 1.02 bits per heavy atom. The van der Waals surface area contributed by atoms with Gasteiger partial charge in [-0.3, -0.25) is 4.68 Å².